The molecule has 2 heterocycles. The molecule has 0 radical (unpaired) electrons. The third-order valence-electron chi connectivity index (χ3n) is 5.97. The molecule has 3 aromatic carbocycles. The molecule has 0 fully saturated rings. The Kier molecular flexibility index (Phi) is 6.23. The number of nitrogens with zero attached hydrogens (tertiary/aromatic N) is 5. The lowest BCUT2D eigenvalue weighted by molar-refractivity contribution is 0.0949. The molecule has 1 amide bonds. The number of carbonyl (C=O) groups excluding carboxylic acids is 1. The molecule has 0 aliphatic rings. The van der Waals surface area contributed by atoms with E-state index in [4.69, 9.17) is 0 Å². The number of hydrogen-bond donors (Lipinski definition) is 1. The molecule has 2 aromatic heterocycles. The van der Waals surface area contributed by atoms with Crippen LogP contribution in [-0.4, -0.2) is 31.7 Å². The van der Waals surface area contributed by atoms with Gasteiger partial charge in [-0.1, -0.05) is 66.7 Å². The van der Waals surface area contributed by atoms with Crippen molar-refractivity contribution in [3.8, 4) is 5.69 Å². The zero-order chi connectivity index (χ0) is 25.1. The van der Waals surface area contributed by atoms with Crippen molar-refractivity contribution in [2.75, 3.05) is 0 Å². The van der Waals surface area contributed by atoms with Gasteiger partial charge in [-0.25, -0.2) is 14.8 Å². The highest BCUT2D eigenvalue weighted by Crippen LogP contribution is 2.17. The van der Waals surface area contributed by atoms with Crippen molar-refractivity contribution >= 4 is 22.9 Å². The lowest BCUT2D eigenvalue weighted by Crippen LogP contribution is -2.29. The fourth-order valence-corrected chi connectivity index (χ4v) is 4.14. The maximum atomic E-state index is 13.1. The fraction of sp³-hybridized carbons (Fsp3) is 0.107. The van der Waals surface area contributed by atoms with Crippen molar-refractivity contribution in [3.63, 3.8) is 0 Å². The molecule has 8 heteroatoms. The molecule has 0 bridgehead atoms. The third-order valence-corrected chi connectivity index (χ3v) is 5.97. The third kappa shape index (κ3) is 4.44. The Morgan fingerprint density at radius 2 is 1.53 bits per heavy atom. The van der Waals surface area contributed by atoms with E-state index in [0.29, 0.717) is 10.8 Å². The van der Waals surface area contributed by atoms with Crippen molar-refractivity contribution in [1.82, 2.24) is 25.0 Å². The lowest BCUT2D eigenvalue weighted by atomic mass is 10.1. The predicted octanol–water partition coefficient (Wildman–Crippen LogP) is 4.01. The molecular weight excluding hydrogens is 452 g/mol. The number of carbonyl (C=O) groups is 1. The zero-order valence-electron chi connectivity index (χ0n) is 19.9. The van der Waals surface area contributed by atoms with E-state index in [9.17, 15) is 9.59 Å². The summed E-state index contributed by atoms with van der Waals surface area (Å²) in [5, 5.41) is 14.1. The maximum Gasteiger partial charge on any atom is 0.292 e. The van der Waals surface area contributed by atoms with E-state index in [2.05, 4.69) is 20.7 Å². The van der Waals surface area contributed by atoms with E-state index >= 15 is 0 Å². The first-order valence-electron chi connectivity index (χ1n) is 11.5. The number of hydrazone groups is 1. The Morgan fingerprint density at radius 1 is 0.889 bits per heavy atom. The molecule has 0 atom stereocenters. The number of para-hydroxylation sites is 1. The molecule has 1 N–H and O–H groups in total. The summed E-state index contributed by atoms with van der Waals surface area (Å²) in [6, 6.07) is 26.3. The highest BCUT2D eigenvalue weighted by Gasteiger charge is 2.17. The summed E-state index contributed by atoms with van der Waals surface area (Å²) in [7, 11) is 0. The summed E-state index contributed by atoms with van der Waals surface area (Å²) in [4.78, 5) is 26.2. The molecule has 0 spiro atoms. The Labute approximate surface area is 207 Å². The number of aryl methyl sites for hydroxylation is 1. The van der Waals surface area contributed by atoms with E-state index in [1.807, 2.05) is 79.2 Å². The first kappa shape index (κ1) is 22.9. The Balaban J connectivity index is 1.44. The lowest BCUT2D eigenvalue weighted by Gasteiger charge is -2.10. The molecule has 0 saturated carbocycles. The summed E-state index contributed by atoms with van der Waals surface area (Å²) in [6.07, 6.45) is 1.58. The van der Waals surface area contributed by atoms with E-state index in [1.54, 1.807) is 30.5 Å². The van der Waals surface area contributed by atoms with E-state index in [1.165, 1.54) is 4.68 Å². The van der Waals surface area contributed by atoms with Crippen LogP contribution in [0.1, 0.15) is 33.0 Å². The number of benzene rings is 3. The van der Waals surface area contributed by atoms with Gasteiger partial charge in [-0.15, -0.1) is 0 Å². The van der Waals surface area contributed by atoms with Crippen LogP contribution in [0, 0.1) is 13.8 Å². The van der Waals surface area contributed by atoms with Crippen LogP contribution in [0.2, 0.25) is 0 Å². The van der Waals surface area contributed by atoms with Gasteiger partial charge in [0.1, 0.15) is 0 Å². The van der Waals surface area contributed by atoms with Crippen LogP contribution in [0.5, 0.6) is 0 Å². The number of hydrogen-bond acceptors (Lipinski definition) is 5. The van der Waals surface area contributed by atoms with E-state index in [-0.39, 0.29) is 17.8 Å². The van der Waals surface area contributed by atoms with E-state index < -0.39 is 5.91 Å². The average Bonchev–Trinajstić information content (AvgIpc) is 3.20. The number of rotatable bonds is 6. The van der Waals surface area contributed by atoms with Crippen LogP contribution < -0.4 is 11.0 Å². The second-order valence-electron chi connectivity index (χ2n) is 8.37. The Bertz CT molecular complexity index is 1640. The number of aromatic nitrogens is 4. The van der Waals surface area contributed by atoms with Crippen LogP contribution in [0.15, 0.2) is 94.8 Å². The smallest absolute Gasteiger partial charge is 0.267 e. The quantitative estimate of drug-likeness (QED) is 0.296. The van der Waals surface area contributed by atoms with Crippen LogP contribution in [0.25, 0.3) is 16.5 Å². The summed E-state index contributed by atoms with van der Waals surface area (Å²) in [5.74, 6) is -0.505. The first-order chi connectivity index (χ1) is 17.5. The van der Waals surface area contributed by atoms with Crippen LogP contribution >= 0.6 is 0 Å². The molecule has 8 nitrogen and oxygen atoms in total. The van der Waals surface area contributed by atoms with Gasteiger partial charge in [0.2, 0.25) is 0 Å². The van der Waals surface area contributed by atoms with Crippen molar-refractivity contribution in [1.29, 1.82) is 0 Å². The van der Waals surface area contributed by atoms with Gasteiger partial charge in [0.25, 0.3) is 11.5 Å². The molecule has 5 aromatic rings. The molecule has 36 heavy (non-hydrogen) atoms. The minimum Gasteiger partial charge on any atom is -0.267 e. The highest BCUT2D eigenvalue weighted by molar-refractivity contribution is 6.05. The van der Waals surface area contributed by atoms with E-state index in [0.717, 1.165) is 28.2 Å². The van der Waals surface area contributed by atoms with Gasteiger partial charge in [-0.05, 0) is 37.6 Å². The number of fused-ring (bicyclic) bond motifs is 1. The monoisotopic (exact) mass is 476 g/mol. The van der Waals surface area contributed by atoms with Gasteiger partial charge < -0.3 is 0 Å². The van der Waals surface area contributed by atoms with Gasteiger partial charge >= 0.3 is 0 Å². The first-order valence-corrected chi connectivity index (χ1v) is 11.5. The summed E-state index contributed by atoms with van der Waals surface area (Å²) < 4.78 is 3.15. The zero-order valence-corrected chi connectivity index (χ0v) is 19.9. The van der Waals surface area contributed by atoms with Gasteiger partial charge in [-0.3, -0.25) is 9.59 Å². The highest BCUT2D eigenvalue weighted by atomic mass is 16.2. The molecule has 178 valence electrons. The molecule has 5 rings (SSSR count). The second kappa shape index (κ2) is 9.79. The Morgan fingerprint density at radius 3 is 2.25 bits per heavy atom. The van der Waals surface area contributed by atoms with Gasteiger partial charge in [-0.2, -0.15) is 15.3 Å². The summed E-state index contributed by atoms with van der Waals surface area (Å²) in [6.45, 7) is 4.10. The predicted molar refractivity (Wildman–Crippen MR) is 140 cm³/mol. The average molecular weight is 477 g/mol. The SMILES string of the molecule is Cc1nn(-c2ccccc2)c(C)c1C=NNC(=O)c1nn(Cc2ccccc2)c(=O)c2ccccc12. The Hall–Kier alpha value is -4.85. The molecule has 0 saturated heterocycles. The molecule has 0 aliphatic carbocycles. The summed E-state index contributed by atoms with van der Waals surface area (Å²) >= 11 is 0. The minimum absolute atomic E-state index is 0.131. The van der Waals surface area contributed by atoms with Crippen molar-refractivity contribution < 1.29 is 4.79 Å². The number of nitrogens with one attached hydrogen (secondary N) is 1. The normalized spacial score (nSPS) is 11.3. The van der Waals surface area contributed by atoms with Crippen LogP contribution in [0.3, 0.4) is 0 Å². The standard InChI is InChI=1S/C28H24N6O2/c1-19-25(20(2)34(31-19)22-13-7-4-8-14-22)17-29-30-27(35)26-23-15-9-10-16-24(23)28(36)33(32-26)18-21-11-5-3-6-12-21/h3-17H,18H2,1-2H3,(H,30,35). The van der Waals surface area contributed by atoms with Crippen molar-refractivity contribution in [3.05, 3.63) is 123 Å². The van der Waals surface area contributed by atoms with Gasteiger partial charge in [0.15, 0.2) is 5.69 Å². The minimum atomic E-state index is -0.505. The molecule has 0 unspecified atom stereocenters. The van der Waals surface area contributed by atoms with Crippen LogP contribution in [-0.2, 0) is 6.54 Å². The van der Waals surface area contributed by atoms with Crippen molar-refractivity contribution in [2.45, 2.75) is 20.4 Å². The molecular formula is C28H24N6O2. The topological polar surface area (TPSA) is 94.2 Å². The summed E-state index contributed by atoms with van der Waals surface area (Å²) in [5.41, 5.74) is 6.80. The molecule has 0 aliphatic heterocycles. The van der Waals surface area contributed by atoms with Crippen LogP contribution in [0.4, 0.5) is 0 Å². The largest absolute Gasteiger partial charge is 0.292 e. The van der Waals surface area contributed by atoms with Gasteiger partial charge in [0, 0.05) is 10.9 Å². The number of amides is 1. The van der Waals surface area contributed by atoms with Gasteiger partial charge in [0.05, 0.1) is 35.2 Å². The van der Waals surface area contributed by atoms with Crippen molar-refractivity contribution in [2.24, 2.45) is 5.10 Å². The maximum absolute atomic E-state index is 13.1. The fourth-order valence-electron chi connectivity index (χ4n) is 4.14. The second-order valence-corrected chi connectivity index (χ2v) is 8.37.